The van der Waals surface area contributed by atoms with E-state index in [4.69, 9.17) is 4.74 Å². The van der Waals surface area contributed by atoms with Crippen molar-refractivity contribution in [1.29, 1.82) is 0 Å². The van der Waals surface area contributed by atoms with E-state index in [2.05, 4.69) is 0 Å². The zero-order chi connectivity index (χ0) is 10.9. The van der Waals surface area contributed by atoms with Gasteiger partial charge in [-0.2, -0.15) is 0 Å². The molecule has 1 rings (SSSR count). The molecule has 0 spiro atoms. The van der Waals surface area contributed by atoms with Gasteiger partial charge in [-0.05, 0) is 25.2 Å². The largest absolute Gasteiger partial charge is 0.465 e. The highest BCUT2D eigenvalue weighted by atomic mass is 16.5. The van der Waals surface area contributed by atoms with Gasteiger partial charge in [-0.25, -0.2) is 0 Å². The Morgan fingerprint density at radius 2 is 2.00 bits per heavy atom. The SMILES string of the molecule is O=CCCCC(=O)OCC1CCCCC1. The first-order valence-electron chi connectivity index (χ1n) is 5.92. The van der Waals surface area contributed by atoms with Gasteiger partial charge in [0.15, 0.2) is 0 Å². The quantitative estimate of drug-likeness (QED) is 0.386. The van der Waals surface area contributed by atoms with Crippen LogP contribution in [0.15, 0.2) is 0 Å². The third-order valence-corrected chi connectivity index (χ3v) is 2.91. The highest BCUT2D eigenvalue weighted by Gasteiger charge is 2.15. The van der Waals surface area contributed by atoms with Crippen molar-refractivity contribution in [3.8, 4) is 0 Å². The van der Waals surface area contributed by atoms with E-state index in [0.29, 0.717) is 31.8 Å². The van der Waals surface area contributed by atoms with Crippen LogP contribution in [0.3, 0.4) is 0 Å². The molecule has 15 heavy (non-hydrogen) atoms. The molecule has 0 aromatic carbocycles. The molecule has 0 amide bonds. The maximum absolute atomic E-state index is 11.2. The zero-order valence-electron chi connectivity index (χ0n) is 9.24. The van der Waals surface area contributed by atoms with E-state index < -0.39 is 0 Å². The smallest absolute Gasteiger partial charge is 0.305 e. The Hall–Kier alpha value is -0.860. The van der Waals surface area contributed by atoms with Crippen LogP contribution in [0.1, 0.15) is 51.4 Å². The Kier molecular flexibility index (Phi) is 6.05. The van der Waals surface area contributed by atoms with E-state index in [1.807, 2.05) is 0 Å². The van der Waals surface area contributed by atoms with Crippen LogP contribution in [-0.4, -0.2) is 18.9 Å². The van der Waals surface area contributed by atoms with E-state index in [9.17, 15) is 9.59 Å². The Morgan fingerprint density at radius 3 is 2.67 bits per heavy atom. The van der Waals surface area contributed by atoms with Crippen molar-refractivity contribution >= 4 is 12.3 Å². The van der Waals surface area contributed by atoms with Crippen molar-refractivity contribution in [2.24, 2.45) is 5.92 Å². The molecule has 1 saturated carbocycles. The second-order valence-electron chi connectivity index (χ2n) is 4.25. The molecule has 0 bridgehead atoms. The Labute approximate surface area is 91.2 Å². The fourth-order valence-electron chi connectivity index (χ4n) is 1.97. The fraction of sp³-hybridized carbons (Fsp3) is 0.833. The fourth-order valence-corrected chi connectivity index (χ4v) is 1.97. The van der Waals surface area contributed by atoms with Crippen molar-refractivity contribution in [2.45, 2.75) is 51.4 Å². The maximum atomic E-state index is 11.2. The minimum atomic E-state index is -0.151. The van der Waals surface area contributed by atoms with Gasteiger partial charge in [0, 0.05) is 12.8 Å². The average Bonchev–Trinajstić information content (AvgIpc) is 2.28. The summed E-state index contributed by atoms with van der Waals surface area (Å²) < 4.78 is 5.17. The van der Waals surface area contributed by atoms with Crippen LogP contribution >= 0.6 is 0 Å². The molecule has 1 aliphatic rings. The molecule has 0 unspecified atom stereocenters. The molecule has 0 heterocycles. The minimum absolute atomic E-state index is 0.151. The van der Waals surface area contributed by atoms with E-state index >= 15 is 0 Å². The molecule has 1 fully saturated rings. The minimum Gasteiger partial charge on any atom is -0.465 e. The van der Waals surface area contributed by atoms with Gasteiger partial charge in [-0.1, -0.05) is 19.3 Å². The number of unbranched alkanes of at least 4 members (excludes halogenated alkanes) is 1. The Morgan fingerprint density at radius 1 is 1.27 bits per heavy atom. The van der Waals surface area contributed by atoms with Crippen LogP contribution in [-0.2, 0) is 14.3 Å². The number of aldehydes is 1. The molecule has 0 radical (unpaired) electrons. The number of esters is 1. The summed E-state index contributed by atoms with van der Waals surface area (Å²) in [5.41, 5.74) is 0. The number of hydrogen-bond acceptors (Lipinski definition) is 3. The van der Waals surface area contributed by atoms with Gasteiger partial charge < -0.3 is 9.53 Å². The van der Waals surface area contributed by atoms with E-state index in [-0.39, 0.29) is 5.97 Å². The molecule has 0 N–H and O–H groups in total. The lowest BCUT2D eigenvalue weighted by molar-refractivity contribution is -0.145. The lowest BCUT2D eigenvalue weighted by Gasteiger charge is -2.20. The first kappa shape index (κ1) is 12.2. The zero-order valence-corrected chi connectivity index (χ0v) is 9.24. The summed E-state index contributed by atoms with van der Waals surface area (Å²) in [7, 11) is 0. The number of hydrogen-bond donors (Lipinski definition) is 0. The maximum Gasteiger partial charge on any atom is 0.305 e. The summed E-state index contributed by atoms with van der Waals surface area (Å²) in [5, 5.41) is 0. The van der Waals surface area contributed by atoms with Gasteiger partial charge in [0.1, 0.15) is 6.29 Å². The van der Waals surface area contributed by atoms with Crippen LogP contribution in [0.5, 0.6) is 0 Å². The lowest BCUT2D eigenvalue weighted by atomic mass is 9.90. The van der Waals surface area contributed by atoms with Crippen molar-refractivity contribution in [2.75, 3.05) is 6.61 Å². The van der Waals surface area contributed by atoms with Gasteiger partial charge in [0.05, 0.1) is 6.61 Å². The molecule has 3 heteroatoms. The number of carbonyl (C=O) groups is 2. The highest BCUT2D eigenvalue weighted by Crippen LogP contribution is 2.23. The molecular weight excluding hydrogens is 192 g/mol. The summed E-state index contributed by atoms with van der Waals surface area (Å²) in [4.78, 5) is 21.3. The topological polar surface area (TPSA) is 43.4 Å². The van der Waals surface area contributed by atoms with Crippen LogP contribution in [0.4, 0.5) is 0 Å². The summed E-state index contributed by atoms with van der Waals surface area (Å²) in [6, 6.07) is 0. The first-order valence-corrected chi connectivity index (χ1v) is 5.92. The number of rotatable bonds is 6. The second-order valence-corrected chi connectivity index (χ2v) is 4.25. The Bertz CT molecular complexity index is 195. The van der Waals surface area contributed by atoms with E-state index in [1.165, 1.54) is 32.1 Å². The van der Waals surface area contributed by atoms with Crippen molar-refractivity contribution < 1.29 is 14.3 Å². The standard InChI is InChI=1S/C12H20O3/c13-9-5-4-8-12(14)15-10-11-6-2-1-3-7-11/h9,11H,1-8,10H2. The predicted octanol–water partition coefficient (Wildman–Crippen LogP) is 2.48. The average molecular weight is 212 g/mol. The van der Waals surface area contributed by atoms with Crippen molar-refractivity contribution in [1.82, 2.24) is 0 Å². The molecule has 3 nitrogen and oxygen atoms in total. The molecule has 0 aromatic heterocycles. The van der Waals surface area contributed by atoms with Gasteiger partial charge in [0.2, 0.25) is 0 Å². The summed E-state index contributed by atoms with van der Waals surface area (Å²) in [6.07, 6.45) is 8.55. The lowest BCUT2D eigenvalue weighted by Crippen LogP contribution is -2.16. The second kappa shape index (κ2) is 7.43. The first-order chi connectivity index (χ1) is 7.33. The van der Waals surface area contributed by atoms with Crippen molar-refractivity contribution in [3.63, 3.8) is 0 Å². The van der Waals surface area contributed by atoms with Crippen LogP contribution in [0, 0.1) is 5.92 Å². The Balaban J connectivity index is 2.02. The normalized spacial score (nSPS) is 17.3. The molecule has 86 valence electrons. The van der Waals surface area contributed by atoms with Gasteiger partial charge in [-0.3, -0.25) is 4.79 Å². The summed E-state index contributed by atoms with van der Waals surface area (Å²) in [5.74, 6) is 0.427. The molecular formula is C12H20O3. The van der Waals surface area contributed by atoms with Crippen LogP contribution in [0.25, 0.3) is 0 Å². The van der Waals surface area contributed by atoms with Gasteiger partial charge in [0.25, 0.3) is 0 Å². The third-order valence-electron chi connectivity index (χ3n) is 2.91. The number of ether oxygens (including phenoxy) is 1. The number of carbonyl (C=O) groups excluding carboxylic acids is 2. The predicted molar refractivity (Wildman–Crippen MR) is 57.4 cm³/mol. The van der Waals surface area contributed by atoms with Crippen LogP contribution < -0.4 is 0 Å². The molecule has 1 aliphatic carbocycles. The summed E-state index contributed by atoms with van der Waals surface area (Å²) in [6.45, 7) is 0.583. The van der Waals surface area contributed by atoms with Gasteiger partial charge in [-0.15, -0.1) is 0 Å². The third kappa shape index (κ3) is 5.55. The molecule has 0 saturated heterocycles. The monoisotopic (exact) mass is 212 g/mol. The van der Waals surface area contributed by atoms with E-state index in [1.54, 1.807) is 0 Å². The molecule has 0 aliphatic heterocycles. The van der Waals surface area contributed by atoms with Gasteiger partial charge >= 0.3 is 5.97 Å². The molecule has 0 atom stereocenters. The summed E-state index contributed by atoms with van der Waals surface area (Å²) >= 11 is 0. The van der Waals surface area contributed by atoms with Crippen molar-refractivity contribution in [3.05, 3.63) is 0 Å². The highest BCUT2D eigenvalue weighted by molar-refractivity contribution is 5.69. The van der Waals surface area contributed by atoms with Crippen LogP contribution in [0.2, 0.25) is 0 Å². The molecule has 0 aromatic rings. The van der Waals surface area contributed by atoms with E-state index in [0.717, 1.165) is 6.29 Å².